The van der Waals surface area contributed by atoms with Crippen molar-refractivity contribution in [3.05, 3.63) is 68.9 Å². The van der Waals surface area contributed by atoms with Gasteiger partial charge in [0.05, 0.1) is 0 Å². The lowest BCUT2D eigenvalue weighted by molar-refractivity contribution is 0.531. The molecule has 2 rings (SSSR count). The summed E-state index contributed by atoms with van der Waals surface area (Å²) in [5, 5.41) is 0.737. The summed E-state index contributed by atoms with van der Waals surface area (Å²) in [4.78, 5) is 0. The molecule has 0 aliphatic heterocycles. The van der Waals surface area contributed by atoms with Crippen LogP contribution in [0, 0.1) is 11.7 Å². The summed E-state index contributed by atoms with van der Waals surface area (Å²) in [5.41, 5.74) is 8.11. The number of hydrogen-bond donors (Lipinski definition) is 1. The van der Waals surface area contributed by atoms with Gasteiger partial charge in [0.25, 0.3) is 0 Å². The van der Waals surface area contributed by atoms with Gasteiger partial charge in [-0.1, -0.05) is 45.7 Å². The minimum atomic E-state index is -0.236. The molecule has 0 amide bonds. The van der Waals surface area contributed by atoms with E-state index in [2.05, 4.69) is 15.9 Å². The van der Waals surface area contributed by atoms with Crippen molar-refractivity contribution in [3.63, 3.8) is 0 Å². The second-order valence-corrected chi connectivity index (χ2v) is 6.17. The highest BCUT2D eigenvalue weighted by molar-refractivity contribution is 9.10. The van der Waals surface area contributed by atoms with Crippen molar-refractivity contribution in [1.29, 1.82) is 0 Å². The van der Waals surface area contributed by atoms with Crippen LogP contribution >= 0.6 is 27.5 Å². The van der Waals surface area contributed by atoms with Crippen molar-refractivity contribution >= 4 is 27.5 Å². The average molecular weight is 357 g/mol. The van der Waals surface area contributed by atoms with E-state index >= 15 is 0 Å². The van der Waals surface area contributed by atoms with E-state index in [1.54, 1.807) is 6.07 Å². The largest absolute Gasteiger partial charge is 0.330 e. The molecular formula is C16H16BrClFN. The van der Waals surface area contributed by atoms with Crippen molar-refractivity contribution in [2.45, 2.75) is 12.8 Å². The third kappa shape index (κ3) is 4.30. The fourth-order valence-electron chi connectivity index (χ4n) is 2.23. The molecule has 0 bridgehead atoms. The van der Waals surface area contributed by atoms with Crippen LogP contribution in [0.25, 0.3) is 0 Å². The Morgan fingerprint density at radius 3 is 2.60 bits per heavy atom. The molecule has 0 saturated heterocycles. The Balaban J connectivity index is 2.09. The summed E-state index contributed by atoms with van der Waals surface area (Å²) in [6, 6.07) is 12.6. The molecule has 0 aliphatic rings. The van der Waals surface area contributed by atoms with Gasteiger partial charge in [0.1, 0.15) is 5.82 Å². The average Bonchev–Trinajstić information content (AvgIpc) is 2.41. The molecule has 4 heteroatoms. The predicted molar refractivity (Wildman–Crippen MR) is 85.5 cm³/mol. The second kappa shape index (κ2) is 7.21. The van der Waals surface area contributed by atoms with Crippen LogP contribution in [0.2, 0.25) is 5.02 Å². The van der Waals surface area contributed by atoms with Crippen LogP contribution in [0.1, 0.15) is 11.1 Å². The highest BCUT2D eigenvalue weighted by atomic mass is 79.9. The fraction of sp³-hybridized carbons (Fsp3) is 0.250. The molecule has 0 fully saturated rings. The fourth-order valence-corrected chi connectivity index (χ4v) is 2.96. The van der Waals surface area contributed by atoms with E-state index < -0.39 is 0 Å². The molecule has 2 N–H and O–H groups in total. The lowest BCUT2D eigenvalue weighted by Gasteiger charge is -2.16. The summed E-state index contributed by atoms with van der Waals surface area (Å²) in [6.45, 7) is 0.580. The van der Waals surface area contributed by atoms with Gasteiger partial charge in [0, 0.05) is 9.50 Å². The Morgan fingerprint density at radius 1 is 1.15 bits per heavy atom. The Labute approximate surface area is 132 Å². The van der Waals surface area contributed by atoms with Crippen LogP contribution in [0.5, 0.6) is 0 Å². The SMILES string of the molecule is NCC(Cc1cccc(Cl)c1)Cc1ccc(F)cc1Br. The second-order valence-electron chi connectivity index (χ2n) is 4.88. The van der Waals surface area contributed by atoms with Crippen LogP contribution in [-0.2, 0) is 12.8 Å². The molecule has 0 radical (unpaired) electrons. The van der Waals surface area contributed by atoms with Gasteiger partial charge in [0.2, 0.25) is 0 Å². The summed E-state index contributed by atoms with van der Waals surface area (Å²) in [5.74, 6) is 0.0648. The maximum absolute atomic E-state index is 13.1. The Kier molecular flexibility index (Phi) is 5.58. The molecule has 0 aliphatic carbocycles. The van der Waals surface area contributed by atoms with Gasteiger partial charge >= 0.3 is 0 Å². The summed E-state index contributed by atoms with van der Waals surface area (Å²) in [7, 11) is 0. The van der Waals surface area contributed by atoms with E-state index in [-0.39, 0.29) is 5.82 Å². The lowest BCUT2D eigenvalue weighted by Crippen LogP contribution is -2.19. The molecule has 2 aromatic rings. The van der Waals surface area contributed by atoms with E-state index in [9.17, 15) is 4.39 Å². The highest BCUT2D eigenvalue weighted by Crippen LogP contribution is 2.23. The van der Waals surface area contributed by atoms with E-state index in [0.29, 0.717) is 12.5 Å². The molecule has 106 valence electrons. The van der Waals surface area contributed by atoms with Gasteiger partial charge in [-0.05, 0) is 60.7 Å². The summed E-state index contributed by atoms with van der Waals surface area (Å²) < 4.78 is 13.9. The van der Waals surface area contributed by atoms with E-state index in [4.69, 9.17) is 17.3 Å². The van der Waals surface area contributed by atoms with Crippen LogP contribution in [-0.4, -0.2) is 6.54 Å². The van der Waals surface area contributed by atoms with Gasteiger partial charge in [-0.15, -0.1) is 0 Å². The minimum Gasteiger partial charge on any atom is -0.330 e. The quantitative estimate of drug-likeness (QED) is 0.832. The first-order valence-corrected chi connectivity index (χ1v) is 7.64. The van der Waals surface area contributed by atoms with Gasteiger partial charge in [-0.2, -0.15) is 0 Å². The first kappa shape index (κ1) is 15.5. The molecule has 1 unspecified atom stereocenters. The smallest absolute Gasteiger partial charge is 0.124 e. The Hall–Kier alpha value is -0.900. The van der Waals surface area contributed by atoms with Gasteiger partial charge in [0.15, 0.2) is 0 Å². The molecule has 1 nitrogen and oxygen atoms in total. The van der Waals surface area contributed by atoms with Crippen LogP contribution in [0.15, 0.2) is 46.9 Å². The van der Waals surface area contributed by atoms with Crippen molar-refractivity contribution in [2.75, 3.05) is 6.54 Å². The van der Waals surface area contributed by atoms with Crippen LogP contribution < -0.4 is 5.73 Å². The molecule has 0 aromatic heterocycles. The van der Waals surface area contributed by atoms with E-state index in [1.807, 2.05) is 24.3 Å². The summed E-state index contributed by atoms with van der Waals surface area (Å²) >= 11 is 9.39. The van der Waals surface area contributed by atoms with Crippen molar-refractivity contribution in [2.24, 2.45) is 11.7 Å². The number of rotatable bonds is 5. The van der Waals surface area contributed by atoms with Crippen molar-refractivity contribution in [3.8, 4) is 0 Å². The molecule has 0 heterocycles. The van der Waals surface area contributed by atoms with Gasteiger partial charge in [-0.3, -0.25) is 0 Å². The molecule has 2 aromatic carbocycles. The zero-order valence-corrected chi connectivity index (χ0v) is 13.3. The van der Waals surface area contributed by atoms with Gasteiger partial charge in [-0.25, -0.2) is 4.39 Å². The molecular weight excluding hydrogens is 341 g/mol. The topological polar surface area (TPSA) is 26.0 Å². The van der Waals surface area contributed by atoms with Crippen molar-refractivity contribution in [1.82, 2.24) is 0 Å². The van der Waals surface area contributed by atoms with Crippen molar-refractivity contribution < 1.29 is 4.39 Å². The monoisotopic (exact) mass is 355 g/mol. The summed E-state index contributed by atoms with van der Waals surface area (Å²) in [6.07, 6.45) is 1.67. The predicted octanol–water partition coefficient (Wildman–Crippen LogP) is 4.60. The van der Waals surface area contributed by atoms with Gasteiger partial charge < -0.3 is 5.73 Å². The zero-order chi connectivity index (χ0) is 14.5. The maximum Gasteiger partial charge on any atom is 0.124 e. The standard InChI is InChI=1S/C16H16BrClFN/c17-16-9-15(19)5-4-13(16)7-12(10-20)6-11-2-1-3-14(18)8-11/h1-5,8-9,12H,6-7,10,20H2. The third-order valence-corrected chi connectivity index (χ3v) is 4.24. The van der Waals surface area contributed by atoms with Crippen LogP contribution in [0.3, 0.4) is 0 Å². The molecule has 0 spiro atoms. The normalized spacial score (nSPS) is 12.4. The number of hydrogen-bond acceptors (Lipinski definition) is 1. The van der Waals surface area contributed by atoms with E-state index in [0.717, 1.165) is 27.9 Å². The molecule has 1 atom stereocenters. The maximum atomic E-state index is 13.1. The number of benzene rings is 2. The minimum absolute atomic E-state index is 0.236. The van der Waals surface area contributed by atoms with E-state index in [1.165, 1.54) is 17.7 Å². The Morgan fingerprint density at radius 2 is 1.95 bits per heavy atom. The zero-order valence-electron chi connectivity index (χ0n) is 11.0. The lowest BCUT2D eigenvalue weighted by atomic mass is 9.92. The molecule has 0 saturated carbocycles. The third-order valence-electron chi connectivity index (χ3n) is 3.27. The van der Waals surface area contributed by atoms with Crippen LogP contribution in [0.4, 0.5) is 4.39 Å². The Bertz CT molecular complexity index is 588. The first-order chi connectivity index (χ1) is 9.58. The molecule has 20 heavy (non-hydrogen) atoms. The first-order valence-electron chi connectivity index (χ1n) is 6.47. The number of nitrogens with two attached hydrogens (primary N) is 1. The highest BCUT2D eigenvalue weighted by Gasteiger charge is 2.12. The number of halogens is 3.